The third kappa shape index (κ3) is 1.59. The molecule has 1 N–H and O–H groups in total. The fraction of sp³-hybridized carbons (Fsp3) is 0.0909. The molecule has 2 heterocycles. The Bertz CT molecular complexity index is 591. The van der Waals surface area contributed by atoms with Gasteiger partial charge in [-0.15, -0.1) is 0 Å². The molecule has 0 aliphatic carbocycles. The average molecular weight is 232 g/mol. The molecule has 1 aromatic carbocycles. The number of carboxylic acids is 1. The van der Waals surface area contributed by atoms with Crippen molar-refractivity contribution in [2.24, 2.45) is 0 Å². The topological polar surface area (TPSA) is 73.6 Å². The van der Waals surface area contributed by atoms with E-state index in [1.54, 1.807) is 24.4 Å². The number of rotatable bonds is 2. The Kier molecular flexibility index (Phi) is 2.01. The van der Waals surface area contributed by atoms with Gasteiger partial charge in [-0.05, 0) is 18.2 Å². The molecule has 6 heteroatoms. The normalized spacial score (nSPS) is 12.7. The molecule has 0 saturated heterocycles. The molecular formula is C11H8N2O4. The summed E-state index contributed by atoms with van der Waals surface area (Å²) in [4.78, 5) is 10.7. The Morgan fingerprint density at radius 1 is 1.29 bits per heavy atom. The van der Waals surface area contributed by atoms with Crippen LogP contribution in [0.4, 0.5) is 0 Å². The van der Waals surface area contributed by atoms with Crippen molar-refractivity contribution in [3.63, 3.8) is 0 Å². The zero-order chi connectivity index (χ0) is 11.8. The van der Waals surface area contributed by atoms with E-state index < -0.39 is 5.97 Å². The number of fused-ring (bicyclic) bond motifs is 1. The molecule has 86 valence electrons. The van der Waals surface area contributed by atoms with Gasteiger partial charge in [0.1, 0.15) is 0 Å². The van der Waals surface area contributed by atoms with E-state index in [1.807, 2.05) is 0 Å². The van der Waals surface area contributed by atoms with E-state index in [1.165, 1.54) is 10.7 Å². The number of carbonyl (C=O) groups is 1. The van der Waals surface area contributed by atoms with Gasteiger partial charge in [-0.2, -0.15) is 5.10 Å². The van der Waals surface area contributed by atoms with Gasteiger partial charge in [-0.3, -0.25) is 0 Å². The van der Waals surface area contributed by atoms with Crippen LogP contribution < -0.4 is 9.47 Å². The van der Waals surface area contributed by atoms with Crippen molar-refractivity contribution < 1.29 is 19.4 Å². The van der Waals surface area contributed by atoms with Crippen molar-refractivity contribution in [3.05, 3.63) is 36.2 Å². The highest BCUT2D eigenvalue weighted by Gasteiger charge is 2.15. The van der Waals surface area contributed by atoms with Crippen LogP contribution in [0.15, 0.2) is 30.5 Å². The van der Waals surface area contributed by atoms with E-state index in [-0.39, 0.29) is 12.5 Å². The molecule has 0 unspecified atom stereocenters. The summed E-state index contributed by atoms with van der Waals surface area (Å²) < 4.78 is 11.9. The molecule has 1 aliphatic rings. The molecule has 0 fully saturated rings. The number of carboxylic acid groups (broad SMARTS) is 1. The Hall–Kier alpha value is -2.50. The van der Waals surface area contributed by atoms with Crippen LogP contribution in [0.2, 0.25) is 0 Å². The lowest BCUT2D eigenvalue weighted by atomic mass is 10.3. The minimum atomic E-state index is -1.05. The van der Waals surface area contributed by atoms with Gasteiger partial charge in [-0.25, -0.2) is 9.48 Å². The zero-order valence-electron chi connectivity index (χ0n) is 8.66. The molecule has 0 amide bonds. The predicted molar refractivity (Wildman–Crippen MR) is 56.6 cm³/mol. The largest absolute Gasteiger partial charge is 0.476 e. The van der Waals surface area contributed by atoms with Gasteiger partial charge < -0.3 is 14.6 Å². The van der Waals surface area contributed by atoms with Gasteiger partial charge >= 0.3 is 5.97 Å². The maximum atomic E-state index is 10.7. The smallest absolute Gasteiger partial charge is 0.356 e. The maximum absolute atomic E-state index is 10.7. The molecular weight excluding hydrogens is 224 g/mol. The first-order chi connectivity index (χ1) is 8.24. The highest BCUT2D eigenvalue weighted by Crippen LogP contribution is 2.33. The van der Waals surface area contributed by atoms with Crippen LogP contribution in [0.25, 0.3) is 5.69 Å². The number of hydrogen-bond donors (Lipinski definition) is 1. The minimum Gasteiger partial charge on any atom is -0.476 e. The fourth-order valence-corrected chi connectivity index (χ4v) is 1.61. The second-order valence-corrected chi connectivity index (χ2v) is 3.49. The zero-order valence-corrected chi connectivity index (χ0v) is 8.66. The Morgan fingerprint density at radius 3 is 2.88 bits per heavy atom. The summed E-state index contributed by atoms with van der Waals surface area (Å²) in [5, 5.41) is 12.7. The van der Waals surface area contributed by atoms with Crippen molar-refractivity contribution in [3.8, 4) is 17.2 Å². The van der Waals surface area contributed by atoms with Gasteiger partial charge in [0.15, 0.2) is 17.2 Å². The van der Waals surface area contributed by atoms with Crippen molar-refractivity contribution in [1.29, 1.82) is 0 Å². The summed E-state index contributed by atoms with van der Waals surface area (Å²) in [5.74, 6) is 0.263. The molecule has 1 aliphatic heterocycles. The Morgan fingerprint density at radius 2 is 2.12 bits per heavy atom. The van der Waals surface area contributed by atoms with E-state index in [9.17, 15) is 4.79 Å². The highest BCUT2D eigenvalue weighted by atomic mass is 16.7. The van der Waals surface area contributed by atoms with Crippen LogP contribution in [0.1, 0.15) is 10.5 Å². The summed E-state index contributed by atoms with van der Waals surface area (Å²) in [6.45, 7) is 0.207. The van der Waals surface area contributed by atoms with E-state index in [4.69, 9.17) is 14.6 Å². The van der Waals surface area contributed by atoms with Crippen LogP contribution >= 0.6 is 0 Å². The molecule has 3 rings (SSSR count). The number of benzene rings is 1. The molecule has 2 aromatic rings. The molecule has 17 heavy (non-hydrogen) atoms. The summed E-state index contributed by atoms with van der Waals surface area (Å²) >= 11 is 0. The lowest BCUT2D eigenvalue weighted by molar-refractivity contribution is 0.0690. The molecule has 1 aromatic heterocycles. The third-order valence-corrected chi connectivity index (χ3v) is 2.43. The molecule has 0 bridgehead atoms. The number of hydrogen-bond acceptors (Lipinski definition) is 4. The van der Waals surface area contributed by atoms with E-state index in [0.717, 1.165) is 5.69 Å². The second kappa shape index (κ2) is 3.51. The van der Waals surface area contributed by atoms with E-state index >= 15 is 0 Å². The number of aromatic nitrogens is 2. The summed E-state index contributed by atoms with van der Waals surface area (Å²) in [7, 11) is 0. The molecule has 0 radical (unpaired) electrons. The fourth-order valence-electron chi connectivity index (χ4n) is 1.61. The number of ether oxygens (including phenoxy) is 2. The highest BCUT2D eigenvalue weighted by molar-refractivity contribution is 5.85. The first-order valence-corrected chi connectivity index (χ1v) is 4.93. The van der Waals surface area contributed by atoms with Gasteiger partial charge in [0.05, 0.1) is 5.69 Å². The molecule has 0 spiro atoms. The first kappa shape index (κ1) is 9.71. The number of aromatic carboxylic acids is 1. The summed E-state index contributed by atoms with van der Waals surface area (Å²) in [6, 6.07) is 6.74. The van der Waals surface area contributed by atoms with Gasteiger partial charge in [0.25, 0.3) is 0 Å². The monoisotopic (exact) mass is 232 g/mol. The van der Waals surface area contributed by atoms with Gasteiger partial charge in [0.2, 0.25) is 6.79 Å². The molecule has 0 atom stereocenters. The van der Waals surface area contributed by atoms with E-state index in [2.05, 4.69) is 5.10 Å². The van der Waals surface area contributed by atoms with Gasteiger partial charge in [-0.1, -0.05) is 0 Å². The quantitative estimate of drug-likeness (QED) is 0.844. The number of nitrogens with zero attached hydrogens (tertiary/aromatic N) is 2. The van der Waals surface area contributed by atoms with E-state index in [0.29, 0.717) is 11.5 Å². The average Bonchev–Trinajstić information content (AvgIpc) is 2.97. The standard InChI is InChI=1S/C11H8N2O4/c14-11(15)8-3-4-13(12-8)7-1-2-9-10(5-7)17-6-16-9/h1-5H,6H2,(H,14,15). The van der Waals surface area contributed by atoms with Crippen LogP contribution in [0.5, 0.6) is 11.5 Å². The third-order valence-electron chi connectivity index (χ3n) is 2.43. The lowest BCUT2D eigenvalue weighted by Crippen LogP contribution is -2.00. The van der Waals surface area contributed by atoms with Crippen LogP contribution in [-0.4, -0.2) is 27.6 Å². The van der Waals surface area contributed by atoms with Crippen LogP contribution in [0, 0.1) is 0 Å². The molecule has 0 saturated carbocycles. The van der Waals surface area contributed by atoms with Crippen molar-refractivity contribution in [2.75, 3.05) is 6.79 Å². The molecule has 6 nitrogen and oxygen atoms in total. The SMILES string of the molecule is O=C(O)c1ccn(-c2ccc3c(c2)OCO3)n1. The predicted octanol–water partition coefficient (Wildman–Crippen LogP) is 1.30. The maximum Gasteiger partial charge on any atom is 0.356 e. The lowest BCUT2D eigenvalue weighted by Gasteiger charge is -2.02. The first-order valence-electron chi connectivity index (χ1n) is 4.93. The van der Waals surface area contributed by atoms with Crippen LogP contribution in [0.3, 0.4) is 0 Å². The summed E-state index contributed by atoms with van der Waals surface area (Å²) in [6.07, 6.45) is 1.58. The Balaban J connectivity index is 2.00. The van der Waals surface area contributed by atoms with Crippen molar-refractivity contribution >= 4 is 5.97 Å². The van der Waals surface area contributed by atoms with Crippen molar-refractivity contribution in [1.82, 2.24) is 9.78 Å². The minimum absolute atomic E-state index is 0.00247. The second-order valence-electron chi connectivity index (χ2n) is 3.49. The summed E-state index contributed by atoms with van der Waals surface area (Å²) in [5.41, 5.74) is 0.726. The Labute approximate surface area is 96.0 Å². The van der Waals surface area contributed by atoms with Gasteiger partial charge in [0, 0.05) is 12.3 Å². The van der Waals surface area contributed by atoms with Crippen LogP contribution in [-0.2, 0) is 0 Å². The van der Waals surface area contributed by atoms with Crippen molar-refractivity contribution in [2.45, 2.75) is 0 Å².